The molecule has 160 valence electrons. The molecule has 3 aromatic carbocycles. The molecule has 1 aromatic heterocycles. The van der Waals surface area contributed by atoms with Crippen LogP contribution in [0.2, 0.25) is 0 Å². The highest BCUT2D eigenvalue weighted by Gasteiger charge is 2.31. The SMILES string of the molecule is CC(C)(C)C1CCc2oc3ccc([N-]S(=O)(=O)c4ccc5ccccc5c4)cc3c2C1. The van der Waals surface area contributed by atoms with Crippen LogP contribution >= 0.6 is 0 Å². The second kappa shape index (κ2) is 7.13. The summed E-state index contributed by atoms with van der Waals surface area (Å²) in [5, 5.41) is 2.87. The smallest absolute Gasteiger partial charge is 0.134 e. The minimum absolute atomic E-state index is 0.202. The first kappa shape index (κ1) is 20.1. The maximum Gasteiger partial charge on any atom is 0.134 e. The van der Waals surface area contributed by atoms with Crippen LogP contribution in [0, 0.1) is 11.3 Å². The van der Waals surface area contributed by atoms with Crippen molar-refractivity contribution in [2.75, 3.05) is 0 Å². The quantitative estimate of drug-likeness (QED) is 0.346. The molecule has 5 rings (SSSR count). The summed E-state index contributed by atoms with van der Waals surface area (Å²) in [4.78, 5) is 0.202. The summed E-state index contributed by atoms with van der Waals surface area (Å²) in [6.45, 7) is 6.84. The molecular formula is C26H26NO3S-. The van der Waals surface area contributed by atoms with E-state index in [0.717, 1.165) is 46.8 Å². The van der Waals surface area contributed by atoms with Gasteiger partial charge in [-0.05, 0) is 53.1 Å². The van der Waals surface area contributed by atoms with Gasteiger partial charge in [0.2, 0.25) is 0 Å². The molecule has 1 aliphatic rings. The van der Waals surface area contributed by atoms with Crippen LogP contribution in [-0.2, 0) is 22.9 Å². The van der Waals surface area contributed by atoms with Gasteiger partial charge in [0.15, 0.2) is 0 Å². The van der Waals surface area contributed by atoms with E-state index in [0.29, 0.717) is 11.6 Å². The highest BCUT2D eigenvalue weighted by Crippen LogP contribution is 2.42. The van der Waals surface area contributed by atoms with Crippen LogP contribution in [0.4, 0.5) is 5.69 Å². The Morgan fingerprint density at radius 1 is 0.968 bits per heavy atom. The number of sulfonamides is 1. The molecule has 1 unspecified atom stereocenters. The van der Waals surface area contributed by atoms with E-state index in [1.165, 1.54) is 5.56 Å². The lowest BCUT2D eigenvalue weighted by atomic mass is 9.71. The van der Waals surface area contributed by atoms with Crippen LogP contribution in [0.3, 0.4) is 0 Å². The van der Waals surface area contributed by atoms with Crippen molar-refractivity contribution in [2.24, 2.45) is 11.3 Å². The van der Waals surface area contributed by atoms with Crippen LogP contribution < -0.4 is 0 Å². The third-order valence-corrected chi connectivity index (χ3v) is 7.80. The zero-order chi connectivity index (χ0) is 21.8. The Morgan fingerprint density at radius 2 is 1.74 bits per heavy atom. The third-order valence-electron chi connectivity index (χ3n) is 6.50. The van der Waals surface area contributed by atoms with Gasteiger partial charge >= 0.3 is 0 Å². The standard InChI is InChI=1S/C26H26NO3S/c1-26(2,3)19-9-12-24-22(15-19)23-16-20(10-13-25(23)30-24)27-31(28,29)21-11-8-17-6-4-5-7-18(17)14-21/h4-8,10-11,13-14,16,19H,9,12,15H2,1-3H3/q-1. The van der Waals surface area contributed by atoms with Gasteiger partial charge in [-0.2, -0.15) is 0 Å². The zero-order valence-electron chi connectivity index (χ0n) is 18.1. The predicted molar refractivity (Wildman–Crippen MR) is 125 cm³/mol. The average molecular weight is 433 g/mol. The molecular weight excluding hydrogens is 406 g/mol. The second-order valence-corrected chi connectivity index (χ2v) is 11.2. The fraction of sp³-hybridized carbons (Fsp3) is 0.308. The first-order chi connectivity index (χ1) is 14.7. The largest absolute Gasteiger partial charge is 0.573 e. The summed E-state index contributed by atoms with van der Waals surface area (Å²) in [6, 6.07) is 18.2. The van der Waals surface area contributed by atoms with Gasteiger partial charge < -0.3 is 9.14 Å². The molecule has 1 aliphatic carbocycles. The molecule has 0 N–H and O–H groups in total. The van der Waals surface area contributed by atoms with Crippen molar-refractivity contribution >= 4 is 37.5 Å². The van der Waals surface area contributed by atoms with Crippen molar-refractivity contribution in [2.45, 2.75) is 44.9 Å². The maximum atomic E-state index is 13.0. The molecule has 0 amide bonds. The molecule has 0 saturated heterocycles. The van der Waals surface area contributed by atoms with E-state index in [1.54, 1.807) is 18.2 Å². The monoisotopic (exact) mass is 432 g/mol. The molecule has 0 spiro atoms. The fourth-order valence-electron chi connectivity index (χ4n) is 4.58. The van der Waals surface area contributed by atoms with E-state index < -0.39 is 10.0 Å². The predicted octanol–water partition coefficient (Wildman–Crippen LogP) is 7.13. The normalized spacial score (nSPS) is 17.1. The van der Waals surface area contributed by atoms with Crippen molar-refractivity contribution in [1.29, 1.82) is 0 Å². The van der Waals surface area contributed by atoms with Crippen molar-refractivity contribution in [1.82, 2.24) is 0 Å². The van der Waals surface area contributed by atoms with Crippen LogP contribution in [0.1, 0.15) is 38.5 Å². The molecule has 4 nitrogen and oxygen atoms in total. The lowest BCUT2D eigenvalue weighted by Crippen LogP contribution is -2.26. The first-order valence-electron chi connectivity index (χ1n) is 10.7. The Kier molecular flexibility index (Phi) is 4.63. The van der Waals surface area contributed by atoms with Crippen molar-refractivity contribution in [3.05, 3.63) is 76.7 Å². The van der Waals surface area contributed by atoms with E-state index in [4.69, 9.17) is 4.42 Å². The fourth-order valence-corrected chi connectivity index (χ4v) is 5.59. The number of aryl methyl sites for hydroxylation is 1. The van der Waals surface area contributed by atoms with E-state index >= 15 is 0 Å². The summed E-state index contributed by atoms with van der Waals surface area (Å²) in [7, 11) is -3.82. The molecule has 1 heterocycles. The summed E-state index contributed by atoms with van der Waals surface area (Å²) < 4.78 is 36.2. The molecule has 4 aromatic rings. The molecule has 5 heteroatoms. The Bertz CT molecular complexity index is 1390. The van der Waals surface area contributed by atoms with Crippen LogP contribution in [0.15, 0.2) is 70.0 Å². The Labute approximate surface area is 183 Å². The molecule has 0 radical (unpaired) electrons. The highest BCUT2D eigenvalue weighted by atomic mass is 32.2. The first-order valence-corrected chi connectivity index (χ1v) is 12.2. The van der Waals surface area contributed by atoms with Gasteiger partial charge in [0, 0.05) is 17.4 Å². The molecule has 0 saturated carbocycles. The number of furan rings is 1. The van der Waals surface area contributed by atoms with E-state index in [-0.39, 0.29) is 10.3 Å². The summed E-state index contributed by atoms with van der Waals surface area (Å²) in [5.41, 5.74) is 2.67. The Morgan fingerprint density at radius 3 is 2.52 bits per heavy atom. The number of hydrogen-bond donors (Lipinski definition) is 0. The maximum absolute atomic E-state index is 13.0. The van der Waals surface area contributed by atoms with Crippen molar-refractivity contribution < 1.29 is 12.8 Å². The molecule has 0 aliphatic heterocycles. The van der Waals surface area contributed by atoms with Crippen LogP contribution in [0.5, 0.6) is 0 Å². The van der Waals surface area contributed by atoms with E-state index in [2.05, 4.69) is 25.5 Å². The average Bonchev–Trinajstić information content (AvgIpc) is 3.10. The number of benzene rings is 3. The van der Waals surface area contributed by atoms with Crippen molar-refractivity contribution in [3.63, 3.8) is 0 Å². The van der Waals surface area contributed by atoms with Crippen LogP contribution in [0.25, 0.3) is 26.5 Å². The number of hydrogen-bond acceptors (Lipinski definition) is 3. The van der Waals surface area contributed by atoms with E-state index in [9.17, 15) is 8.42 Å². The third kappa shape index (κ3) is 3.72. The topological polar surface area (TPSA) is 61.4 Å². The minimum Gasteiger partial charge on any atom is -0.573 e. The van der Waals surface area contributed by atoms with Gasteiger partial charge in [0.1, 0.15) is 21.4 Å². The van der Waals surface area contributed by atoms with Gasteiger partial charge in [-0.25, -0.2) is 8.42 Å². The number of nitrogens with zero attached hydrogens (tertiary/aromatic N) is 1. The van der Waals surface area contributed by atoms with Gasteiger partial charge in [-0.1, -0.05) is 63.2 Å². The second-order valence-electron chi connectivity index (χ2n) is 9.57. The highest BCUT2D eigenvalue weighted by molar-refractivity contribution is 7.94. The lowest BCUT2D eigenvalue weighted by molar-refractivity contribution is 0.210. The molecule has 1 atom stereocenters. The van der Waals surface area contributed by atoms with Gasteiger partial charge in [-0.3, -0.25) is 0 Å². The van der Waals surface area contributed by atoms with Gasteiger partial charge in [0.05, 0.1) is 4.90 Å². The molecule has 31 heavy (non-hydrogen) atoms. The van der Waals surface area contributed by atoms with Gasteiger partial charge in [0.25, 0.3) is 0 Å². The number of rotatable bonds is 3. The van der Waals surface area contributed by atoms with Crippen LogP contribution in [-0.4, -0.2) is 8.42 Å². The van der Waals surface area contributed by atoms with Crippen molar-refractivity contribution in [3.8, 4) is 0 Å². The van der Waals surface area contributed by atoms with E-state index in [1.807, 2.05) is 42.5 Å². The number of fused-ring (bicyclic) bond motifs is 4. The molecule has 0 fully saturated rings. The summed E-state index contributed by atoms with van der Waals surface area (Å²) in [6.07, 6.45) is 2.99. The summed E-state index contributed by atoms with van der Waals surface area (Å²) >= 11 is 0. The summed E-state index contributed by atoms with van der Waals surface area (Å²) in [5.74, 6) is 1.60. The zero-order valence-corrected chi connectivity index (χ0v) is 18.9. The Hall–Kier alpha value is -2.79. The molecule has 0 bridgehead atoms. The minimum atomic E-state index is -3.82. The Balaban J connectivity index is 1.49. The van der Waals surface area contributed by atoms with Gasteiger partial charge in [-0.15, -0.1) is 5.69 Å². The lowest BCUT2D eigenvalue weighted by Gasteiger charge is -2.33.